The van der Waals surface area contributed by atoms with Crippen LogP contribution in [-0.4, -0.2) is 76.5 Å². The maximum absolute atomic E-state index is 11.8. The first kappa shape index (κ1) is 26.4. The van der Waals surface area contributed by atoms with Gasteiger partial charge in [-0.25, -0.2) is 0 Å². The van der Waals surface area contributed by atoms with Crippen LogP contribution in [0.3, 0.4) is 0 Å². The van der Waals surface area contributed by atoms with Crippen LogP contribution in [0.2, 0.25) is 0 Å². The molecule has 0 aromatic rings. The number of carbonyl (C=O) groups excluding carboxylic acids is 5. The molecule has 0 aliphatic carbocycles. The second-order valence-electron chi connectivity index (χ2n) is 6.45. The second kappa shape index (κ2) is 12.2. The standard InChI is InChI=1S/C18H24O12S/c1-8(19)27-15-12(7-26-14(25)6-5-13(23)24)30-18(31-11(4)22)17(29-10(3)21)16(15)28-9(2)20/h12,15-18H,5-7H2,1-4H3,(H,23,24)/t12-,15+,16+,17-,18?/m1/s1. The second-order valence-corrected chi connectivity index (χ2v) is 7.73. The van der Waals surface area contributed by atoms with Crippen molar-refractivity contribution in [1.82, 2.24) is 0 Å². The minimum absolute atomic E-state index is 0.407. The Morgan fingerprint density at radius 1 is 0.806 bits per heavy atom. The van der Waals surface area contributed by atoms with Crippen LogP contribution < -0.4 is 0 Å². The number of aliphatic carboxylic acids is 1. The van der Waals surface area contributed by atoms with Gasteiger partial charge in [-0.15, -0.1) is 0 Å². The minimum Gasteiger partial charge on any atom is -0.481 e. The molecule has 1 heterocycles. The Labute approximate surface area is 181 Å². The number of hydrogen-bond donors (Lipinski definition) is 1. The fourth-order valence-corrected chi connectivity index (χ4v) is 3.57. The Hall–Kier alpha value is -2.67. The summed E-state index contributed by atoms with van der Waals surface area (Å²) in [5.74, 6) is -4.38. The summed E-state index contributed by atoms with van der Waals surface area (Å²) in [6, 6.07) is 0. The van der Waals surface area contributed by atoms with E-state index in [2.05, 4.69) is 0 Å². The van der Waals surface area contributed by atoms with Crippen LogP contribution in [0.5, 0.6) is 0 Å². The fourth-order valence-electron chi connectivity index (χ4n) is 2.70. The third kappa shape index (κ3) is 9.34. The molecule has 0 aromatic heterocycles. The summed E-state index contributed by atoms with van der Waals surface area (Å²) < 4.78 is 26.3. The lowest BCUT2D eigenvalue weighted by Gasteiger charge is -2.43. The highest BCUT2D eigenvalue weighted by atomic mass is 32.2. The largest absolute Gasteiger partial charge is 0.481 e. The Morgan fingerprint density at radius 2 is 1.32 bits per heavy atom. The highest BCUT2D eigenvalue weighted by Gasteiger charge is 2.52. The molecular formula is C18H24O12S. The number of carbonyl (C=O) groups is 6. The Balaban J connectivity index is 3.19. The molecule has 12 nitrogen and oxygen atoms in total. The van der Waals surface area contributed by atoms with E-state index in [4.69, 9.17) is 28.8 Å². The van der Waals surface area contributed by atoms with E-state index in [1.54, 1.807) is 0 Å². The summed E-state index contributed by atoms with van der Waals surface area (Å²) in [4.78, 5) is 68.9. The van der Waals surface area contributed by atoms with Gasteiger partial charge in [0.25, 0.3) is 0 Å². The Bertz CT molecular complexity index is 720. The van der Waals surface area contributed by atoms with E-state index in [1.165, 1.54) is 6.92 Å². The summed E-state index contributed by atoms with van der Waals surface area (Å²) in [6.45, 7) is 3.99. The monoisotopic (exact) mass is 464 g/mol. The summed E-state index contributed by atoms with van der Waals surface area (Å²) >= 11 is 0.641. The molecule has 1 saturated heterocycles. The van der Waals surface area contributed by atoms with Gasteiger partial charge in [0.1, 0.15) is 12.7 Å². The Kier molecular flexibility index (Phi) is 10.4. The zero-order valence-corrected chi connectivity index (χ0v) is 18.2. The average molecular weight is 464 g/mol. The summed E-state index contributed by atoms with van der Waals surface area (Å²) in [6.07, 6.45) is -6.08. The molecule has 1 aliphatic rings. The molecule has 1 aliphatic heterocycles. The molecule has 13 heteroatoms. The number of ether oxygens (including phenoxy) is 5. The van der Waals surface area contributed by atoms with Crippen molar-refractivity contribution in [2.24, 2.45) is 0 Å². The smallest absolute Gasteiger partial charge is 0.306 e. The number of hydrogen-bond acceptors (Lipinski definition) is 12. The van der Waals surface area contributed by atoms with Crippen molar-refractivity contribution in [2.75, 3.05) is 6.61 Å². The molecule has 0 spiro atoms. The highest BCUT2D eigenvalue weighted by molar-refractivity contribution is 8.14. The Morgan fingerprint density at radius 3 is 1.81 bits per heavy atom. The normalized spacial score (nSPS) is 25.1. The minimum atomic E-state index is -1.36. The van der Waals surface area contributed by atoms with Gasteiger partial charge >= 0.3 is 29.8 Å². The van der Waals surface area contributed by atoms with Crippen LogP contribution in [0.1, 0.15) is 40.5 Å². The summed E-state index contributed by atoms with van der Waals surface area (Å²) in [5.41, 5.74) is -1.17. The number of carboxylic acid groups (broad SMARTS) is 1. The molecule has 31 heavy (non-hydrogen) atoms. The molecule has 0 saturated carbocycles. The van der Waals surface area contributed by atoms with Crippen LogP contribution >= 0.6 is 11.8 Å². The molecule has 0 bridgehead atoms. The van der Waals surface area contributed by atoms with Gasteiger partial charge in [0.05, 0.1) is 12.8 Å². The van der Waals surface area contributed by atoms with Crippen molar-refractivity contribution in [3.8, 4) is 0 Å². The maximum Gasteiger partial charge on any atom is 0.306 e. The molecule has 0 radical (unpaired) electrons. The predicted molar refractivity (Wildman–Crippen MR) is 101 cm³/mol. The van der Waals surface area contributed by atoms with Crippen molar-refractivity contribution in [3.63, 3.8) is 0 Å². The lowest BCUT2D eigenvalue weighted by Crippen LogP contribution is -2.61. The summed E-state index contributed by atoms with van der Waals surface area (Å²) in [5, 5.41) is 8.23. The van der Waals surface area contributed by atoms with Crippen molar-refractivity contribution in [3.05, 3.63) is 0 Å². The molecule has 1 N–H and O–H groups in total. The van der Waals surface area contributed by atoms with E-state index < -0.39 is 84.3 Å². The zero-order chi connectivity index (χ0) is 23.7. The first-order valence-electron chi connectivity index (χ1n) is 9.12. The van der Waals surface area contributed by atoms with Crippen LogP contribution in [-0.2, 0) is 52.5 Å². The van der Waals surface area contributed by atoms with Gasteiger partial charge in [-0.2, -0.15) is 0 Å². The van der Waals surface area contributed by atoms with Crippen LogP contribution in [0, 0.1) is 0 Å². The number of thioether (sulfide) groups is 1. The molecule has 1 rings (SSSR count). The zero-order valence-electron chi connectivity index (χ0n) is 17.4. The number of rotatable bonds is 9. The van der Waals surface area contributed by atoms with Gasteiger partial charge in [0.15, 0.2) is 28.9 Å². The summed E-state index contributed by atoms with van der Waals surface area (Å²) in [7, 11) is 0. The quantitative estimate of drug-likeness (QED) is 0.363. The highest BCUT2D eigenvalue weighted by Crippen LogP contribution is 2.34. The van der Waals surface area contributed by atoms with Crippen LogP contribution in [0.25, 0.3) is 0 Å². The molecule has 5 atom stereocenters. The van der Waals surface area contributed by atoms with E-state index in [0.29, 0.717) is 11.8 Å². The van der Waals surface area contributed by atoms with Gasteiger partial charge < -0.3 is 28.8 Å². The molecule has 1 fully saturated rings. The van der Waals surface area contributed by atoms with E-state index in [1.807, 2.05) is 0 Å². The van der Waals surface area contributed by atoms with E-state index in [9.17, 15) is 28.8 Å². The SMILES string of the molecule is CC(=O)O[C@@H]1[C@H](OC(C)=O)[C@@H](OC(C)=O)C(SC(C)=O)O[C@@H]1COC(=O)CCC(=O)O. The van der Waals surface area contributed by atoms with Gasteiger partial charge in [-0.3, -0.25) is 28.8 Å². The van der Waals surface area contributed by atoms with Gasteiger partial charge in [-0.1, -0.05) is 11.8 Å². The topological polar surface area (TPSA) is 169 Å². The lowest BCUT2D eigenvalue weighted by molar-refractivity contribution is -0.237. The molecule has 0 aromatic carbocycles. The van der Waals surface area contributed by atoms with Crippen molar-refractivity contribution in [2.45, 2.75) is 70.4 Å². The van der Waals surface area contributed by atoms with Gasteiger partial charge in [0, 0.05) is 27.7 Å². The molecule has 0 amide bonds. The first-order chi connectivity index (χ1) is 14.4. The fraction of sp³-hybridized carbons (Fsp3) is 0.667. The van der Waals surface area contributed by atoms with Gasteiger partial charge in [-0.05, 0) is 0 Å². The van der Waals surface area contributed by atoms with E-state index >= 15 is 0 Å². The predicted octanol–water partition coefficient (Wildman–Crippen LogP) is 0.194. The first-order valence-corrected chi connectivity index (χ1v) is 10.0. The van der Waals surface area contributed by atoms with Crippen LogP contribution in [0.15, 0.2) is 0 Å². The number of esters is 4. The number of carboxylic acids is 1. The lowest BCUT2D eigenvalue weighted by atomic mass is 9.99. The van der Waals surface area contributed by atoms with E-state index in [0.717, 1.165) is 20.8 Å². The molecular weight excluding hydrogens is 440 g/mol. The molecule has 1 unspecified atom stereocenters. The van der Waals surface area contributed by atoms with Crippen LogP contribution in [0.4, 0.5) is 0 Å². The van der Waals surface area contributed by atoms with Crippen molar-refractivity contribution in [1.29, 1.82) is 0 Å². The maximum atomic E-state index is 11.8. The molecule has 174 valence electrons. The van der Waals surface area contributed by atoms with Gasteiger partial charge in [0.2, 0.25) is 0 Å². The average Bonchev–Trinajstić information content (AvgIpc) is 2.61. The van der Waals surface area contributed by atoms with Crippen molar-refractivity contribution < 1.29 is 57.6 Å². The van der Waals surface area contributed by atoms with E-state index in [-0.39, 0.29) is 0 Å². The third-order valence-corrected chi connectivity index (χ3v) is 4.67. The van der Waals surface area contributed by atoms with Crippen molar-refractivity contribution >= 4 is 46.7 Å². The third-order valence-electron chi connectivity index (χ3n) is 3.73.